The van der Waals surface area contributed by atoms with Crippen LogP contribution in [0.3, 0.4) is 0 Å². The van der Waals surface area contributed by atoms with E-state index in [1.807, 2.05) is 11.8 Å². The highest BCUT2D eigenvalue weighted by Crippen LogP contribution is 2.32. The Kier molecular flexibility index (Phi) is 4.52. The standard InChI is InChI=1S/C13H19N3O2S/c1-2-19-10-4-3-9(6-10)16-12-11(14)5-8(7-15-12)13(17)18/h5,7,9-10H,2-4,6,14H2,1H3,(H,15,16)(H,17,18). The zero-order chi connectivity index (χ0) is 13.8. The van der Waals surface area contributed by atoms with E-state index in [1.54, 1.807) is 0 Å². The van der Waals surface area contributed by atoms with Gasteiger partial charge in [0.2, 0.25) is 0 Å². The lowest BCUT2D eigenvalue weighted by Gasteiger charge is -2.15. The predicted molar refractivity (Wildman–Crippen MR) is 78.8 cm³/mol. The van der Waals surface area contributed by atoms with Gasteiger partial charge in [0.05, 0.1) is 11.3 Å². The molecular formula is C13H19N3O2S. The molecule has 2 atom stereocenters. The van der Waals surface area contributed by atoms with Crippen LogP contribution < -0.4 is 11.1 Å². The molecule has 0 aliphatic heterocycles. The molecule has 6 heteroatoms. The van der Waals surface area contributed by atoms with E-state index in [0.717, 1.165) is 18.6 Å². The van der Waals surface area contributed by atoms with Crippen molar-refractivity contribution in [3.8, 4) is 0 Å². The molecule has 1 aromatic rings. The summed E-state index contributed by atoms with van der Waals surface area (Å²) in [5.74, 6) is 0.730. The third-order valence-electron chi connectivity index (χ3n) is 3.29. The van der Waals surface area contributed by atoms with Gasteiger partial charge in [-0.3, -0.25) is 0 Å². The van der Waals surface area contributed by atoms with Gasteiger partial charge in [0.1, 0.15) is 5.82 Å². The van der Waals surface area contributed by atoms with Gasteiger partial charge in [-0.2, -0.15) is 11.8 Å². The molecule has 1 saturated carbocycles. The zero-order valence-electron chi connectivity index (χ0n) is 10.9. The number of carbonyl (C=O) groups is 1. The number of rotatable bonds is 5. The maximum atomic E-state index is 10.8. The highest BCUT2D eigenvalue weighted by atomic mass is 32.2. The zero-order valence-corrected chi connectivity index (χ0v) is 11.7. The fraction of sp³-hybridized carbons (Fsp3) is 0.538. The largest absolute Gasteiger partial charge is 0.478 e. The van der Waals surface area contributed by atoms with E-state index in [0.29, 0.717) is 22.8 Å². The fourth-order valence-corrected chi connectivity index (χ4v) is 3.51. The summed E-state index contributed by atoms with van der Waals surface area (Å²) >= 11 is 1.99. The molecule has 2 rings (SSSR count). The molecule has 1 heterocycles. The number of aromatic carboxylic acids is 1. The van der Waals surface area contributed by atoms with Crippen LogP contribution in [0.15, 0.2) is 12.3 Å². The number of thioether (sulfide) groups is 1. The maximum Gasteiger partial charge on any atom is 0.337 e. The topological polar surface area (TPSA) is 88.2 Å². The van der Waals surface area contributed by atoms with Crippen LogP contribution in [0.2, 0.25) is 0 Å². The summed E-state index contributed by atoms with van der Waals surface area (Å²) in [6, 6.07) is 1.83. The normalized spacial score (nSPS) is 22.4. The number of nitrogen functional groups attached to an aromatic ring is 1. The Hall–Kier alpha value is -1.43. The van der Waals surface area contributed by atoms with Crippen LogP contribution in [0.4, 0.5) is 11.5 Å². The summed E-state index contributed by atoms with van der Waals surface area (Å²) in [6.45, 7) is 2.18. The molecule has 0 radical (unpaired) electrons. The summed E-state index contributed by atoms with van der Waals surface area (Å²) in [7, 11) is 0. The Morgan fingerprint density at radius 1 is 1.63 bits per heavy atom. The SMILES string of the molecule is CCSC1CCC(Nc2ncc(C(=O)O)cc2N)C1. The molecule has 0 saturated heterocycles. The van der Waals surface area contributed by atoms with Gasteiger partial charge in [0.15, 0.2) is 0 Å². The van der Waals surface area contributed by atoms with Crippen LogP contribution in [0.25, 0.3) is 0 Å². The second-order valence-electron chi connectivity index (χ2n) is 4.70. The molecular weight excluding hydrogens is 262 g/mol. The highest BCUT2D eigenvalue weighted by Gasteiger charge is 2.25. The monoisotopic (exact) mass is 281 g/mol. The third-order valence-corrected chi connectivity index (χ3v) is 4.52. The van der Waals surface area contributed by atoms with Crippen molar-refractivity contribution in [2.75, 3.05) is 16.8 Å². The molecule has 5 nitrogen and oxygen atoms in total. The van der Waals surface area contributed by atoms with E-state index in [-0.39, 0.29) is 5.56 Å². The van der Waals surface area contributed by atoms with Crippen molar-refractivity contribution < 1.29 is 9.90 Å². The van der Waals surface area contributed by atoms with Crippen molar-refractivity contribution in [3.63, 3.8) is 0 Å². The smallest absolute Gasteiger partial charge is 0.337 e. The lowest BCUT2D eigenvalue weighted by molar-refractivity contribution is 0.0696. The summed E-state index contributed by atoms with van der Waals surface area (Å²) in [4.78, 5) is 14.9. The summed E-state index contributed by atoms with van der Waals surface area (Å²) in [6.07, 6.45) is 4.78. The molecule has 0 amide bonds. The highest BCUT2D eigenvalue weighted by molar-refractivity contribution is 7.99. The van der Waals surface area contributed by atoms with Crippen molar-refractivity contribution in [1.29, 1.82) is 0 Å². The molecule has 1 aromatic heterocycles. The minimum atomic E-state index is -1.01. The van der Waals surface area contributed by atoms with E-state index >= 15 is 0 Å². The van der Waals surface area contributed by atoms with Gasteiger partial charge >= 0.3 is 5.97 Å². The Morgan fingerprint density at radius 2 is 2.42 bits per heavy atom. The number of nitrogens with zero attached hydrogens (tertiary/aromatic N) is 1. The predicted octanol–water partition coefficient (Wildman–Crippen LogP) is 2.45. The Bertz CT molecular complexity index is 467. The van der Waals surface area contributed by atoms with E-state index in [1.165, 1.54) is 18.7 Å². The fourth-order valence-electron chi connectivity index (χ4n) is 2.37. The third kappa shape index (κ3) is 3.53. The maximum absolute atomic E-state index is 10.8. The Balaban J connectivity index is 1.98. The number of anilines is 2. The number of nitrogens with one attached hydrogen (secondary N) is 1. The molecule has 1 fully saturated rings. The van der Waals surface area contributed by atoms with Crippen LogP contribution in [0.1, 0.15) is 36.5 Å². The number of hydrogen-bond acceptors (Lipinski definition) is 5. The number of nitrogens with two attached hydrogens (primary N) is 1. The molecule has 1 aliphatic rings. The average molecular weight is 281 g/mol. The lowest BCUT2D eigenvalue weighted by Crippen LogP contribution is -2.18. The Morgan fingerprint density at radius 3 is 3.05 bits per heavy atom. The van der Waals surface area contributed by atoms with E-state index in [9.17, 15) is 4.79 Å². The van der Waals surface area contributed by atoms with Crippen molar-refractivity contribution in [2.24, 2.45) is 0 Å². The summed E-state index contributed by atoms with van der Waals surface area (Å²) in [5, 5.41) is 12.9. The van der Waals surface area contributed by atoms with Crippen molar-refractivity contribution in [1.82, 2.24) is 4.98 Å². The molecule has 2 unspecified atom stereocenters. The van der Waals surface area contributed by atoms with E-state index in [2.05, 4.69) is 17.2 Å². The van der Waals surface area contributed by atoms with Gasteiger partial charge in [0.25, 0.3) is 0 Å². The minimum Gasteiger partial charge on any atom is -0.478 e. The van der Waals surface area contributed by atoms with Crippen LogP contribution in [0.5, 0.6) is 0 Å². The summed E-state index contributed by atoms with van der Waals surface area (Å²) < 4.78 is 0. The van der Waals surface area contributed by atoms with Gasteiger partial charge in [-0.1, -0.05) is 6.92 Å². The minimum absolute atomic E-state index is 0.119. The molecule has 104 valence electrons. The number of carboxylic acid groups (broad SMARTS) is 1. The van der Waals surface area contributed by atoms with Gasteiger partial charge in [-0.15, -0.1) is 0 Å². The van der Waals surface area contributed by atoms with E-state index in [4.69, 9.17) is 10.8 Å². The Labute approximate surface area is 117 Å². The number of carboxylic acids is 1. The number of aromatic nitrogens is 1. The van der Waals surface area contributed by atoms with Crippen LogP contribution in [-0.2, 0) is 0 Å². The van der Waals surface area contributed by atoms with Gasteiger partial charge in [-0.25, -0.2) is 9.78 Å². The van der Waals surface area contributed by atoms with Crippen molar-refractivity contribution >= 4 is 29.2 Å². The quantitative estimate of drug-likeness (QED) is 0.768. The second-order valence-corrected chi connectivity index (χ2v) is 6.28. The molecule has 0 aromatic carbocycles. The second kappa shape index (κ2) is 6.14. The van der Waals surface area contributed by atoms with Gasteiger partial charge in [-0.05, 0) is 31.1 Å². The summed E-state index contributed by atoms with van der Waals surface area (Å²) in [5.41, 5.74) is 6.35. The molecule has 1 aliphatic carbocycles. The van der Waals surface area contributed by atoms with Crippen molar-refractivity contribution in [3.05, 3.63) is 17.8 Å². The first-order chi connectivity index (χ1) is 9.10. The molecule has 0 bridgehead atoms. The molecule has 4 N–H and O–H groups in total. The van der Waals surface area contributed by atoms with Crippen LogP contribution >= 0.6 is 11.8 Å². The lowest BCUT2D eigenvalue weighted by atomic mass is 10.2. The molecule has 19 heavy (non-hydrogen) atoms. The first-order valence-corrected chi connectivity index (χ1v) is 7.52. The van der Waals surface area contributed by atoms with Crippen LogP contribution in [-0.4, -0.2) is 33.1 Å². The number of hydrogen-bond donors (Lipinski definition) is 3. The average Bonchev–Trinajstić information content (AvgIpc) is 2.79. The molecule has 0 spiro atoms. The van der Waals surface area contributed by atoms with Gasteiger partial charge in [0, 0.05) is 17.5 Å². The first kappa shape index (κ1) is 14.0. The first-order valence-electron chi connectivity index (χ1n) is 6.47. The van der Waals surface area contributed by atoms with Gasteiger partial charge < -0.3 is 16.2 Å². The number of pyridine rings is 1. The van der Waals surface area contributed by atoms with Crippen molar-refractivity contribution in [2.45, 2.75) is 37.5 Å². The van der Waals surface area contributed by atoms with Crippen LogP contribution in [0, 0.1) is 0 Å². The van der Waals surface area contributed by atoms with E-state index < -0.39 is 5.97 Å².